The highest BCUT2D eigenvalue weighted by Gasteiger charge is 2.28. The fraction of sp³-hybridized carbons (Fsp3) is 0.0400. The van der Waals surface area contributed by atoms with E-state index in [0.717, 1.165) is 0 Å². The van der Waals surface area contributed by atoms with E-state index in [1.807, 2.05) is 0 Å². The summed E-state index contributed by atoms with van der Waals surface area (Å²) in [5, 5.41) is 2.53. The van der Waals surface area contributed by atoms with Gasteiger partial charge in [0.2, 0.25) is 0 Å². The maximum Gasteiger partial charge on any atom is 0.0570 e. The Labute approximate surface area is 153 Å². The van der Waals surface area contributed by atoms with Crippen LogP contribution in [0, 0.1) is 0 Å². The van der Waals surface area contributed by atoms with Crippen molar-refractivity contribution in [3.05, 3.63) is 119 Å². The van der Waals surface area contributed by atoms with Gasteiger partial charge in [0.05, 0.1) is 6.04 Å². The average Bonchev–Trinajstić information content (AvgIpc) is 2.71. The molecule has 1 aliphatic carbocycles. The zero-order valence-electron chi connectivity index (χ0n) is 14.4. The van der Waals surface area contributed by atoms with Gasteiger partial charge in [-0.1, -0.05) is 97.1 Å². The van der Waals surface area contributed by atoms with Crippen molar-refractivity contribution in [1.29, 1.82) is 0 Å². The van der Waals surface area contributed by atoms with Gasteiger partial charge in [-0.25, -0.2) is 0 Å². The molecule has 0 bridgehead atoms. The molecule has 0 amide bonds. The van der Waals surface area contributed by atoms with E-state index in [1.54, 1.807) is 0 Å². The molecule has 0 saturated heterocycles. The van der Waals surface area contributed by atoms with E-state index in [4.69, 9.17) is 5.73 Å². The second-order valence-corrected chi connectivity index (χ2v) is 6.75. The van der Waals surface area contributed by atoms with E-state index in [0.29, 0.717) is 0 Å². The van der Waals surface area contributed by atoms with Crippen molar-refractivity contribution >= 4 is 21.9 Å². The van der Waals surface area contributed by atoms with E-state index >= 15 is 0 Å². The second kappa shape index (κ2) is 5.98. The van der Waals surface area contributed by atoms with Crippen LogP contribution in [0.2, 0.25) is 0 Å². The first kappa shape index (κ1) is 15.1. The molecule has 1 nitrogen and oxygen atoms in total. The molecule has 1 atom stereocenters. The van der Waals surface area contributed by atoms with Crippen LogP contribution in [0.1, 0.15) is 28.3 Å². The van der Waals surface area contributed by atoms with Gasteiger partial charge < -0.3 is 5.73 Å². The molecule has 26 heavy (non-hydrogen) atoms. The fourth-order valence-electron chi connectivity index (χ4n) is 4.15. The molecule has 1 heteroatoms. The van der Waals surface area contributed by atoms with Crippen LogP contribution in [-0.4, -0.2) is 0 Å². The van der Waals surface area contributed by atoms with Crippen molar-refractivity contribution in [3.8, 4) is 0 Å². The predicted octanol–water partition coefficient (Wildman–Crippen LogP) is 5.81. The first-order chi connectivity index (χ1) is 12.8. The summed E-state index contributed by atoms with van der Waals surface area (Å²) in [4.78, 5) is 0. The summed E-state index contributed by atoms with van der Waals surface area (Å²) in [6.45, 7) is 0. The number of nitrogens with two attached hydrogens (primary N) is 1. The van der Waals surface area contributed by atoms with Crippen molar-refractivity contribution in [2.75, 3.05) is 0 Å². The third-order valence-electron chi connectivity index (χ3n) is 5.27. The summed E-state index contributed by atoms with van der Waals surface area (Å²) in [6.07, 6.45) is 0. The normalized spacial score (nSPS) is 16.1. The zero-order chi connectivity index (χ0) is 17.5. The standard InChI is InChI=1S/C25H19N/c26-25-21-16-8-14-17-13-7-15-20(22(17)21)23(18-9-3-1-4-10-18)24(25)19-11-5-2-6-12-19/h1-16,25H,26H2. The number of rotatable bonds is 2. The average molecular weight is 333 g/mol. The van der Waals surface area contributed by atoms with Gasteiger partial charge in [0.25, 0.3) is 0 Å². The van der Waals surface area contributed by atoms with E-state index in [-0.39, 0.29) is 6.04 Å². The zero-order valence-corrected chi connectivity index (χ0v) is 14.4. The molecule has 124 valence electrons. The van der Waals surface area contributed by atoms with Crippen LogP contribution in [-0.2, 0) is 0 Å². The molecule has 0 aromatic heterocycles. The Morgan fingerprint density at radius 2 is 1.19 bits per heavy atom. The lowest BCUT2D eigenvalue weighted by Gasteiger charge is -2.30. The van der Waals surface area contributed by atoms with Crippen LogP contribution in [0.3, 0.4) is 0 Å². The Morgan fingerprint density at radius 1 is 0.577 bits per heavy atom. The van der Waals surface area contributed by atoms with E-state index in [1.165, 1.54) is 44.2 Å². The van der Waals surface area contributed by atoms with Crippen LogP contribution < -0.4 is 5.73 Å². The van der Waals surface area contributed by atoms with Crippen LogP contribution in [0.25, 0.3) is 21.9 Å². The largest absolute Gasteiger partial charge is 0.320 e. The maximum absolute atomic E-state index is 6.85. The highest BCUT2D eigenvalue weighted by Crippen LogP contribution is 2.47. The second-order valence-electron chi connectivity index (χ2n) is 6.75. The number of hydrogen-bond donors (Lipinski definition) is 1. The third-order valence-corrected chi connectivity index (χ3v) is 5.27. The molecule has 0 fully saturated rings. The van der Waals surface area contributed by atoms with Gasteiger partial charge >= 0.3 is 0 Å². The molecular formula is C25H19N. The van der Waals surface area contributed by atoms with Gasteiger partial charge in [-0.15, -0.1) is 0 Å². The van der Waals surface area contributed by atoms with Crippen molar-refractivity contribution < 1.29 is 0 Å². The molecule has 0 aliphatic heterocycles. The van der Waals surface area contributed by atoms with Crippen LogP contribution in [0.5, 0.6) is 0 Å². The van der Waals surface area contributed by atoms with Gasteiger partial charge in [0, 0.05) is 0 Å². The Balaban J connectivity index is 1.94. The molecule has 1 unspecified atom stereocenters. The first-order valence-corrected chi connectivity index (χ1v) is 8.97. The monoisotopic (exact) mass is 333 g/mol. The summed E-state index contributed by atoms with van der Waals surface area (Å²) >= 11 is 0. The summed E-state index contributed by atoms with van der Waals surface area (Å²) in [6, 6.07) is 34.0. The SMILES string of the molecule is NC1C(c2ccccc2)=C(c2ccccc2)c2cccc3cccc1c23. The van der Waals surface area contributed by atoms with Crippen molar-refractivity contribution in [3.63, 3.8) is 0 Å². The maximum atomic E-state index is 6.85. The molecule has 5 rings (SSSR count). The Kier molecular flexibility index (Phi) is 3.48. The van der Waals surface area contributed by atoms with Crippen LogP contribution in [0.15, 0.2) is 97.1 Å². The molecule has 4 aromatic rings. The Bertz CT molecular complexity index is 1120. The van der Waals surface area contributed by atoms with Gasteiger partial charge in [-0.3, -0.25) is 0 Å². The quantitative estimate of drug-likeness (QED) is 0.492. The Hall–Kier alpha value is -3.16. The molecule has 0 heterocycles. The topological polar surface area (TPSA) is 26.0 Å². The fourth-order valence-corrected chi connectivity index (χ4v) is 4.15. The summed E-state index contributed by atoms with van der Waals surface area (Å²) in [5.41, 5.74) is 14.2. The van der Waals surface area contributed by atoms with Gasteiger partial charge in [-0.2, -0.15) is 0 Å². The predicted molar refractivity (Wildman–Crippen MR) is 110 cm³/mol. The molecule has 2 N–H and O–H groups in total. The molecular weight excluding hydrogens is 314 g/mol. The molecule has 4 aromatic carbocycles. The van der Waals surface area contributed by atoms with Crippen LogP contribution in [0.4, 0.5) is 0 Å². The first-order valence-electron chi connectivity index (χ1n) is 8.97. The minimum Gasteiger partial charge on any atom is -0.320 e. The summed E-state index contributed by atoms with van der Waals surface area (Å²) in [7, 11) is 0. The van der Waals surface area contributed by atoms with E-state index in [9.17, 15) is 0 Å². The van der Waals surface area contributed by atoms with Gasteiger partial charge in [0.1, 0.15) is 0 Å². The van der Waals surface area contributed by atoms with E-state index < -0.39 is 0 Å². The van der Waals surface area contributed by atoms with Crippen molar-refractivity contribution in [2.45, 2.75) is 6.04 Å². The van der Waals surface area contributed by atoms with Crippen LogP contribution >= 0.6 is 0 Å². The van der Waals surface area contributed by atoms with E-state index in [2.05, 4.69) is 97.1 Å². The molecule has 1 aliphatic rings. The minimum absolute atomic E-state index is 0.147. The molecule has 0 saturated carbocycles. The van der Waals surface area contributed by atoms with Gasteiger partial charge in [-0.05, 0) is 44.2 Å². The number of hydrogen-bond acceptors (Lipinski definition) is 1. The summed E-state index contributed by atoms with van der Waals surface area (Å²) < 4.78 is 0. The lowest BCUT2D eigenvalue weighted by Crippen LogP contribution is -2.18. The lowest BCUT2D eigenvalue weighted by atomic mass is 9.76. The molecule has 0 spiro atoms. The third kappa shape index (κ3) is 2.22. The highest BCUT2D eigenvalue weighted by molar-refractivity contribution is 6.12. The van der Waals surface area contributed by atoms with Crippen molar-refractivity contribution in [1.82, 2.24) is 0 Å². The molecule has 0 radical (unpaired) electrons. The number of benzene rings is 4. The summed E-state index contributed by atoms with van der Waals surface area (Å²) in [5.74, 6) is 0. The highest BCUT2D eigenvalue weighted by atomic mass is 14.7. The lowest BCUT2D eigenvalue weighted by molar-refractivity contribution is 0.938. The van der Waals surface area contributed by atoms with Crippen molar-refractivity contribution in [2.24, 2.45) is 5.73 Å². The minimum atomic E-state index is -0.147. The van der Waals surface area contributed by atoms with Gasteiger partial charge in [0.15, 0.2) is 0 Å². The Morgan fingerprint density at radius 3 is 1.88 bits per heavy atom. The smallest absolute Gasteiger partial charge is 0.0570 e.